The van der Waals surface area contributed by atoms with Crippen molar-refractivity contribution >= 4 is 52.2 Å². The Morgan fingerprint density at radius 3 is 2.25 bits per heavy atom. The lowest BCUT2D eigenvalue weighted by molar-refractivity contribution is -0.123. The summed E-state index contributed by atoms with van der Waals surface area (Å²) >= 11 is 12.5. The van der Waals surface area contributed by atoms with E-state index < -0.39 is 0 Å². The molecule has 1 heterocycles. The van der Waals surface area contributed by atoms with Crippen molar-refractivity contribution in [1.82, 2.24) is 4.90 Å². The Morgan fingerprint density at radius 2 is 1.80 bits per heavy atom. The minimum absolute atomic E-state index is 0.0897. The van der Waals surface area contributed by atoms with Crippen LogP contribution in [0.15, 0.2) is 17.0 Å². The Kier molecular flexibility index (Phi) is 4.32. The summed E-state index contributed by atoms with van der Waals surface area (Å²) in [5.74, 6) is -0.545. The second-order valence-electron chi connectivity index (χ2n) is 4.48. The van der Waals surface area contributed by atoms with E-state index >= 15 is 0 Å². The molecule has 0 aromatic heterocycles. The molecule has 0 saturated carbocycles. The molecule has 1 aromatic rings. The molecule has 1 N–H and O–H groups in total. The molecule has 0 radical (unpaired) electrons. The highest BCUT2D eigenvalue weighted by molar-refractivity contribution is 8.18. The van der Waals surface area contributed by atoms with Crippen LogP contribution in [0.25, 0.3) is 6.08 Å². The molecule has 20 heavy (non-hydrogen) atoms. The molecule has 4 nitrogen and oxygen atoms in total. The molecular weight excluding hydrogens is 321 g/mol. The Balaban J connectivity index is 2.38. The van der Waals surface area contributed by atoms with Gasteiger partial charge in [0.2, 0.25) is 0 Å². The summed E-state index contributed by atoms with van der Waals surface area (Å²) in [5.41, 5.74) is 0.548. The first-order chi connectivity index (χ1) is 9.31. The Labute approximate surface area is 130 Å². The predicted octanol–water partition coefficient (Wildman–Crippen LogP) is 4.14. The first kappa shape index (κ1) is 15.2. The van der Waals surface area contributed by atoms with E-state index in [1.165, 1.54) is 23.1 Å². The summed E-state index contributed by atoms with van der Waals surface area (Å²) in [6.45, 7) is 3.54. The number of phenols is 1. The third kappa shape index (κ3) is 2.80. The highest BCUT2D eigenvalue weighted by atomic mass is 35.5. The van der Waals surface area contributed by atoms with Gasteiger partial charge >= 0.3 is 0 Å². The van der Waals surface area contributed by atoms with Gasteiger partial charge in [0.25, 0.3) is 11.1 Å². The minimum Gasteiger partial charge on any atom is -0.505 e. The van der Waals surface area contributed by atoms with Gasteiger partial charge in [-0.2, -0.15) is 0 Å². The fourth-order valence-electron chi connectivity index (χ4n) is 1.74. The Hall–Kier alpha value is -1.17. The fraction of sp³-hybridized carbons (Fsp3) is 0.231. The van der Waals surface area contributed by atoms with Crippen molar-refractivity contribution in [2.75, 3.05) is 0 Å². The minimum atomic E-state index is -0.338. The molecule has 0 atom stereocenters. The second kappa shape index (κ2) is 5.68. The third-order valence-corrected chi connectivity index (χ3v) is 4.14. The maximum absolute atomic E-state index is 12.1. The summed E-state index contributed by atoms with van der Waals surface area (Å²) in [6, 6.07) is 2.76. The van der Waals surface area contributed by atoms with Crippen LogP contribution in [0.1, 0.15) is 19.4 Å². The molecule has 0 spiro atoms. The number of carbonyl (C=O) groups excluding carboxylic acids is 2. The van der Waals surface area contributed by atoms with Crippen LogP contribution in [0.4, 0.5) is 4.79 Å². The SMILES string of the molecule is CC(C)N1C(=O)S/C(=C/c2cc(Cl)c(O)c(Cl)c2)C1=O. The largest absolute Gasteiger partial charge is 0.505 e. The molecule has 0 unspecified atom stereocenters. The Bertz CT molecular complexity index is 605. The molecule has 1 aliphatic heterocycles. The summed E-state index contributed by atoms with van der Waals surface area (Å²) in [4.78, 5) is 25.4. The van der Waals surface area contributed by atoms with E-state index in [4.69, 9.17) is 23.2 Å². The first-order valence-electron chi connectivity index (χ1n) is 5.76. The number of thioether (sulfide) groups is 1. The number of carbonyl (C=O) groups is 2. The van der Waals surface area contributed by atoms with Gasteiger partial charge in [0.05, 0.1) is 15.0 Å². The maximum atomic E-state index is 12.1. The molecular formula is C13H11Cl2NO3S. The van der Waals surface area contributed by atoms with Crippen LogP contribution in [0.3, 0.4) is 0 Å². The zero-order valence-electron chi connectivity index (χ0n) is 10.7. The van der Waals surface area contributed by atoms with Crippen molar-refractivity contribution in [3.63, 3.8) is 0 Å². The fourth-order valence-corrected chi connectivity index (χ4v) is 3.21. The van der Waals surface area contributed by atoms with Crippen LogP contribution in [0.2, 0.25) is 10.0 Å². The van der Waals surface area contributed by atoms with E-state index in [2.05, 4.69) is 0 Å². The van der Waals surface area contributed by atoms with Gasteiger partial charge in [-0.25, -0.2) is 0 Å². The quantitative estimate of drug-likeness (QED) is 0.827. The predicted molar refractivity (Wildman–Crippen MR) is 81.1 cm³/mol. The number of halogens is 2. The molecule has 1 aromatic carbocycles. The van der Waals surface area contributed by atoms with Crippen LogP contribution in [-0.2, 0) is 4.79 Å². The van der Waals surface area contributed by atoms with E-state index in [0.29, 0.717) is 10.5 Å². The second-order valence-corrected chi connectivity index (χ2v) is 6.29. The van der Waals surface area contributed by atoms with Crippen molar-refractivity contribution in [3.8, 4) is 5.75 Å². The lowest BCUT2D eigenvalue weighted by Crippen LogP contribution is -2.34. The molecule has 106 valence electrons. The van der Waals surface area contributed by atoms with Gasteiger partial charge in [-0.3, -0.25) is 14.5 Å². The van der Waals surface area contributed by atoms with Gasteiger partial charge in [0, 0.05) is 6.04 Å². The molecule has 0 aliphatic carbocycles. The average molecular weight is 332 g/mol. The highest BCUT2D eigenvalue weighted by Crippen LogP contribution is 2.37. The lowest BCUT2D eigenvalue weighted by Gasteiger charge is -2.16. The highest BCUT2D eigenvalue weighted by Gasteiger charge is 2.36. The molecule has 0 bridgehead atoms. The number of imide groups is 1. The van der Waals surface area contributed by atoms with Crippen molar-refractivity contribution in [1.29, 1.82) is 0 Å². The van der Waals surface area contributed by atoms with Crippen LogP contribution >= 0.6 is 35.0 Å². The van der Waals surface area contributed by atoms with Gasteiger partial charge in [-0.15, -0.1) is 0 Å². The summed E-state index contributed by atoms with van der Waals surface area (Å²) in [7, 11) is 0. The van der Waals surface area contributed by atoms with Gasteiger partial charge in [-0.05, 0) is 49.4 Å². The van der Waals surface area contributed by atoms with E-state index in [1.807, 2.05) is 0 Å². The average Bonchev–Trinajstić information content (AvgIpc) is 2.61. The summed E-state index contributed by atoms with van der Waals surface area (Å²) < 4.78 is 0. The summed E-state index contributed by atoms with van der Waals surface area (Å²) in [6.07, 6.45) is 1.53. The smallest absolute Gasteiger partial charge is 0.293 e. The van der Waals surface area contributed by atoms with Gasteiger partial charge in [-0.1, -0.05) is 23.2 Å². The number of hydrogen-bond donors (Lipinski definition) is 1. The molecule has 2 amide bonds. The van der Waals surface area contributed by atoms with E-state index in [0.717, 1.165) is 11.8 Å². The maximum Gasteiger partial charge on any atom is 0.293 e. The topological polar surface area (TPSA) is 57.6 Å². The number of nitrogens with zero attached hydrogens (tertiary/aromatic N) is 1. The van der Waals surface area contributed by atoms with Crippen molar-refractivity contribution in [2.45, 2.75) is 19.9 Å². The Morgan fingerprint density at radius 1 is 1.25 bits per heavy atom. The van der Waals surface area contributed by atoms with Crippen molar-refractivity contribution < 1.29 is 14.7 Å². The van der Waals surface area contributed by atoms with Gasteiger partial charge in [0.1, 0.15) is 0 Å². The van der Waals surface area contributed by atoms with Crippen molar-refractivity contribution in [3.05, 3.63) is 32.6 Å². The lowest BCUT2D eigenvalue weighted by atomic mass is 10.2. The summed E-state index contributed by atoms with van der Waals surface area (Å²) in [5, 5.41) is 9.36. The number of aromatic hydroxyl groups is 1. The number of benzene rings is 1. The monoisotopic (exact) mass is 331 g/mol. The zero-order valence-corrected chi connectivity index (χ0v) is 13.0. The van der Waals surface area contributed by atoms with Gasteiger partial charge < -0.3 is 5.11 Å². The molecule has 2 rings (SSSR count). The first-order valence-corrected chi connectivity index (χ1v) is 7.33. The third-order valence-electron chi connectivity index (χ3n) is 2.68. The number of amides is 2. The molecule has 7 heteroatoms. The van der Waals surface area contributed by atoms with Crippen molar-refractivity contribution in [2.24, 2.45) is 0 Å². The molecule has 1 aliphatic rings. The van der Waals surface area contributed by atoms with E-state index in [9.17, 15) is 14.7 Å². The van der Waals surface area contributed by atoms with Crippen LogP contribution < -0.4 is 0 Å². The normalized spacial score (nSPS) is 17.6. The number of phenolic OH excluding ortho intramolecular Hbond substituents is 1. The van der Waals surface area contributed by atoms with E-state index in [1.54, 1.807) is 13.8 Å². The molecule has 1 fully saturated rings. The number of rotatable bonds is 2. The van der Waals surface area contributed by atoms with Crippen LogP contribution in [0.5, 0.6) is 5.75 Å². The zero-order chi connectivity index (χ0) is 15.0. The van der Waals surface area contributed by atoms with Crippen LogP contribution in [-0.4, -0.2) is 27.2 Å². The standard InChI is InChI=1S/C13H11Cl2NO3S/c1-6(2)16-12(18)10(20-13(16)19)5-7-3-8(14)11(17)9(15)4-7/h3-6,17H,1-2H3/b10-5+. The van der Waals surface area contributed by atoms with Gasteiger partial charge in [0.15, 0.2) is 5.75 Å². The van der Waals surface area contributed by atoms with E-state index in [-0.39, 0.29) is 33.0 Å². The number of hydrogen-bond acceptors (Lipinski definition) is 4. The van der Waals surface area contributed by atoms with Crippen LogP contribution in [0, 0.1) is 0 Å². The molecule has 1 saturated heterocycles.